The van der Waals surface area contributed by atoms with Crippen LogP contribution in [0.4, 0.5) is 5.69 Å². The normalized spacial score (nSPS) is 34.0. The summed E-state index contributed by atoms with van der Waals surface area (Å²) in [5.74, 6) is -1.95. The molecule has 0 aliphatic carbocycles. The first-order chi connectivity index (χ1) is 19.2. The Hall–Kier alpha value is -2.73. The summed E-state index contributed by atoms with van der Waals surface area (Å²) in [6.45, 7) is 11.8. The second-order valence-corrected chi connectivity index (χ2v) is 11.7. The van der Waals surface area contributed by atoms with Gasteiger partial charge in [0.2, 0.25) is 17.7 Å². The van der Waals surface area contributed by atoms with Gasteiger partial charge in [-0.2, -0.15) is 0 Å². The van der Waals surface area contributed by atoms with Gasteiger partial charge in [-0.25, -0.2) is 0 Å². The van der Waals surface area contributed by atoms with E-state index in [1.807, 2.05) is 20.8 Å². The molecule has 0 saturated carbocycles. The summed E-state index contributed by atoms with van der Waals surface area (Å²) >= 11 is 0. The SMILES string of the molecule is CCOc1ccc(NC(=O)[C@@H]2[C@H]3C(=O)N([C@H](C)CO)C(C(=O)NCCN4CCOCC4)C34CC(C)[C@@]2(C)O4)cc1. The first-order valence-electron chi connectivity index (χ1n) is 14.4. The molecule has 220 valence electrons. The van der Waals surface area contributed by atoms with E-state index in [1.54, 1.807) is 31.2 Å². The number of morpholine rings is 1. The summed E-state index contributed by atoms with van der Waals surface area (Å²) in [7, 11) is 0. The Morgan fingerprint density at radius 3 is 2.55 bits per heavy atom. The molecule has 3 unspecified atom stereocenters. The van der Waals surface area contributed by atoms with E-state index in [-0.39, 0.29) is 30.2 Å². The molecule has 0 radical (unpaired) electrons. The molecule has 11 heteroatoms. The molecule has 4 heterocycles. The third kappa shape index (κ3) is 4.76. The van der Waals surface area contributed by atoms with Gasteiger partial charge in [-0.1, -0.05) is 6.92 Å². The van der Waals surface area contributed by atoms with Crippen LogP contribution in [0.3, 0.4) is 0 Å². The number of nitrogens with one attached hydrogen (secondary N) is 2. The van der Waals surface area contributed by atoms with E-state index in [4.69, 9.17) is 14.2 Å². The van der Waals surface area contributed by atoms with Crippen LogP contribution in [0.25, 0.3) is 0 Å². The highest BCUT2D eigenvalue weighted by Crippen LogP contribution is 2.65. The number of likely N-dealkylation sites (tertiary alicyclic amines) is 1. The number of fused-ring (bicyclic) bond motifs is 1. The first kappa shape index (κ1) is 28.8. The predicted octanol–water partition coefficient (Wildman–Crippen LogP) is 0.864. The molecule has 3 N–H and O–H groups in total. The van der Waals surface area contributed by atoms with Gasteiger partial charge in [-0.05, 0) is 57.4 Å². The molecule has 3 amide bonds. The summed E-state index contributed by atoms with van der Waals surface area (Å²) in [5.41, 5.74) is -1.49. The number of carbonyl (C=O) groups is 3. The molecule has 1 spiro atoms. The Morgan fingerprint density at radius 2 is 1.90 bits per heavy atom. The number of rotatable bonds is 10. The molecule has 7 atom stereocenters. The van der Waals surface area contributed by atoms with Crippen LogP contribution in [0, 0.1) is 17.8 Å². The van der Waals surface area contributed by atoms with Gasteiger partial charge in [0.15, 0.2) is 0 Å². The Morgan fingerprint density at radius 1 is 1.20 bits per heavy atom. The Labute approximate surface area is 235 Å². The van der Waals surface area contributed by atoms with Gasteiger partial charge in [-0.15, -0.1) is 0 Å². The third-order valence-electron chi connectivity index (χ3n) is 9.29. The topological polar surface area (TPSA) is 130 Å². The first-order valence-corrected chi connectivity index (χ1v) is 14.4. The van der Waals surface area contributed by atoms with Crippen molar-refractivity contribution in [1.29, 1.82) is 0 Å². The lowest BCUT2D eigenvalue weighted by atomic mass is 9.62. The predicted molar refractivity (Wildman–Crippen MR) is 147 cm³/mol. The monoisotopic (exact) mass is 558 g/mol. The summed E-state index contributed by atoms with van der Waals surface area (Å²) in [4.78, 5) is 45.5. The number of aliphatic hydroxyl groups excluding tert-OH is 1. The van der Waals surface area contributed by atoms with Crippen molar-refractivity contribution >= 4 is 23.4 Å². The Bertz CT molecular complexity index is 1110. The molecular weight excluding hydrogens is 516 g/mol. The smallest absolute Gasteiger partial charge is 0.245 e. The second kappa shape index (κ2) is 11.3. The number of nitrogens with zero attached hydrogens (tertiary/aromatic N) is 2. The highest BCUT2D eigenvalue weighted by atomic mass is 16.5. The summed E-state index contributed by atoms with van der Waals surface area (Å²) in [6, 6.07) is 5.54. The maximum atomic E-state index is 14.1. The van der Waals surface area contributed by atoms with E-state index in [2.05, 4.69) is 15.5 Å². The maximum absolute atomic E-state index is 14.1. The van der Waals surface area contributed by atoms with Crippen molar-refractivity contribution in [3.8, 4) is 5.75 Å². The fourth-order valence-electron chi connectivity index (χ4n) is 7.22. The van der Waals surface area contributed by atoms with Gasteiger partial charge in [0.1, 0.15) is 17.4 Å². The summed E-state index contributed by atoms with van der Waals surface area (Å²) in [5, 5.41) is 16.1. The third-order valence-corrected chi connectivity index (χ3v) is 9.29. The summed E-state index contributed by atoms with van der Waals surface area (Å²) < 4.78 is 17.6. The number of anilines is 1. The van der Waals surface area contributed by atoms with Gasteiger partial charge < -0.3 is 34.9 Å². The molecule has 5 rings (SSSR count). The zero-order valence-corrected chi connectivity index (χ0v) is 23.9. The molecule has 4 fully saturated rings. The lowest BCUT2D eigenvalue weighted by Gasteiger charge is -2.36. The zero-order chi connectivity index (χ0) is 28.7. The van der Waals surface area contributed by atoms with Crippen molar-refractivity contribution in [2.24, 2.45) is 17.8 Å². The molecule has 40 heavy (non-hydrogen) atoms. The maximum Gasteiger partial charge on any atom is 0.245 e. The van der Waals surface area contributed by atoms with E-state index in [0.29, 0.717) is 50.8 Å². The molecule has 4 aliphatic rings. The highest BCUT2D eigenvalue weighted by molar-refractivity contribution is 6.02. The van der Waals surface area contributed by atoms with Crippen molar-refractivity contribution in [3.05, 3.63) is 24.3 Å². The second-order valence-electron chi connectivity index (χ2n) is 11.7. The molecule has 4 aliphatic heterocycles. The minimum absolute atomic E-state index is 0.0688. The minimum Gasteiger partial charge on any atom is -0.494 e. The zero-order valence-electron chi connectivity index (χ0n) is 23.9. The number of aliphatic hydroxyl groups is 1. The van der Waals surface area contributed by atoms with Gasteiger partial charge in [0.05, 0.1) is 49.9 Å². The van der Waals surface area contributed by atoms with Crippen molar-refractivity contribution in [3.63, 3.8) is 0 Å². The number of carbonyl (C=O) groups excluding carboxylic acids is 3. The van der Waals surface area contributed by atoms with Crippen LogP contribution in [0.1, 0.15) is 34.1 Å². The number of hydrogen-bond acceptors (Lipinski definition) is 8. The average Bonchev–Trinajstić information content (AvgIpc) is 3.46. The summed E-state index contributed by atoms with van der Waals surface area (Å²) in [6.07, 6.45) is 0.475. The van der Waals surface area contributed by atoms with Gasteiger partial charge >= 0.3 is 0 Å². The quantitative estimate of drug-likeness (QED) is 0.386. The Balaban J connectivity index is 1.40. The lowest BCUT2D eigenvalue weighted by Crippen LogP contribution is -2.58. The van der Waals surface area contributed by atoms with Crippen LogP contribution in [-0.2, 0) is 23.9 Å². The van der Waals surface area contributed by atoms with Crippen LogP contribution >= 0.6 is 0 Å². The van der Waals surface area contributed by atoms with Gasteiger partial charge in [-0.3, -0.25) is 19.3 Å². The molecule has 1 aromatic carbocycles. The lowest BCUT2D eigenvalue weighted by molar-refractivity contribution is -0.149. The van der Waals surface area contributed by atoms with Crippen molar-refractivity contribution < 1.29 is 33.7 Å². The van der Waals surface area contributed by atoms with Crippen molar-refractivity contribution in [1.82, 2.24) is 15.1 Å². The van der Waals surface area contributed by atoms with Gasteiger partial charge in [0, 0.05) is 31.9 Å². The van der Waals surface area contributed by atoms with Crippen molar-refractivity contribution in [2.75, 3.05) is 57.9 Å². The van der Waals surface area contributed by atoms with Gasteiger partial charge in [0.25, 0.3) is 0 Å². The fraction of sp³-hybridized carbons (Fsp3) is 0.690. The molecule has 1 aromatic rings. The Kier molecular flexibility index (Phi) is 8.11. The van der Waals surface area contributed by atoms with Crippen molar-refractivity contribution in [2.45, 2.75) is 57.4 Å². The molecule has 4 saturated heterocycles. The highest BCUT2D eigenvalue weighted by Gasteiger charge is 2.80. The van der Waals surface area contributed by atoms with Crippen LogP contribution < -0.4 is 15.4 Å². The van der Waals surface area contributed by atoms with E-state index >= 15 is 0 Å². The fourth-order valence-corrected chi connectivity index (χ4v) is 7.22. The van der Waals surface area contributed by atoms with Crippen LogP contribution in [0.2, 0.25) is 0 Å². The average molecular weight is 559 g/mol. The van der Waals surface area contributed by atoms with Crippen LogP contribution in [-0.4, -0.2) is 109 Å². The van der Waals surface area contributed by atoms with E-state index in [1.165, 1.54) is 4.90 Å². The van der Waals surface area contributed by atoms with E-state index < -0.39 is 35.1 Å². The minimum atomic E-state index is -1.15. The van der Waals surface area contributed by atoms with E-state index in [0.717, 1.165) is 13.1 Å². The molecule has 2 bridgehead atoms. The standard InChI is InChI=1S/C29H42N4O7/c1-5-39-21-8-6-20(7-9-21)31-25(35)22-23-27(37)33(19(3)17-34)24(29(23)16-18(2)28(22,4)40-29)26(36)30-10-11-32-12-14-38-15-13-32/h6-9,18-19,22-24,34H,5,10-17H2,1-4H3,(H,30,36)(H,31,35)/t18?,19-,22+,23+,24?,28-,29?/m1/s1. The number of benzene rings is 1. The largest absolute Gasteiger partial charge is 0.494 e. The van der Waals surface area contributed by atoms with Crippen LogP contribution in [0.15, 0.2) is 24.3 Å². The molecular formula is C29H42N4O7. The number of hydrogen-bond donors (Lipinski definition) is 3. The molecule has 11 nitrogen and oxygen atoms in total. The number of amides is 3. The van der Waals surface area contributed by atoms with E-state index in [9.17, 15) is 19.5 Å². The number of ether oxygens (including phenoxy) is 3. The molecule has 0 aromatic heterocycles. The van der Waals surface area contributed by atoms with Crippen LogP contribution in [0.5, 0.6) is 5.75 Å².